The number of ether oxygens (including phenoxy) is 1. The van der Waals surface area contributed by atoms with Gasteiger partial charge in [0, 0.05) is 25.5 Å². The monoisotopic (exact) mass is 375 g/mol. The molecule has 1 aliphatic rings. The molecule has 3 aromatic rings. The van der Waals surface area contributed by atoms with Crippen molar-refractivity contribution < 1.29 is 14.4 Å². The van der Waals surface area contributed by atoms with Gasteiger partial charge in [-0.15, -0.1) is 0 Å². The highest BCUT2D eigenvalue weighted by atomic mass is 35.5. The van der Waals surface area contributed by atoms with Crippen LogP contribution < -0.4 is 4.90 Å². The van der Waals surface area contributed by atoms with Gasteiger partial charge in [0.25, 0.3) is 0 Å². The number of hydrogen-bond acceptors (Lipinski definition) is 8. The van der Waals surface area contributed by atoms with E-state index < -0.39 is 0 Å². The van der Waals surface area contributed by atoms with Crippen LogP contribution in [0.4, 0.5) is 5.69 Å². The molecule has 8 nitrogen and oxygen atoms in total. The minimum absolute atomic E-state index is 0.0435. The van der Waals surface area contributed by atoms with Crippen LogP contribution in [0.3, 0.4) is 0 Å². The van der Waals surface area contributed by atoms with Gasteiger partial charge < -0.3 is 19.3 Å². The van der Waals surface area contributed by atoms with E-state index in [-0.39, 0.29) is 18.8 Å². The van der Waals surface area contributed by atoms with Crippen molar-refractivity contribution >= 4 is 28.4 Å². The van der Waals surface area contributed by atoms with Crippen LogP contribution in [0.25, 0.3) is 22.5 Å². The van der Waals surface area contributed by atoms with Crippen molar-refractivity contribution in [3.05, 3.63) is 29.3 Å². The summed E-state index contributed by atoms with van der Waals surface area (Å²) in [6, 6.07) is 0. The fourth-order valence-electron chi connectivity index (χ4n) is 3.34. The molecule has 0 aromatic carbocycles. The third-order valence-electron chi connectivity index (χ3n) is 4.29. The zero-order chi connectivity index (χ0) is 18.3. The molecule has 0 saturated carbocycles. The Kier molecular flexibility index (Phi) is 4.47. The molecule has 4 heterocycles. The number of aliphatic hydroxyl groups is 1. The van der Waals surface area contributed by atoms with Gasteiger partial charge in [-0.1, -0.05) is 16.8 Å². The van der Waals surface area contributed by atoms with Crippen molar-refractivity contribution in [2.24, 2.45) is 0 Å². The number of halogens is 1. The summed E-state index contributed by atoms with van der Waals surface area (Å²) in [5.74, 6) is 0. The van der Waals surface area contributed by atoms with Crippen molar-refractivity contribution in [3.63, 3.8) is 0 Å². The summed E-state index contributed by atoms with van der Waals surface area (Å²) < 4.78 is 11.2. The number of nitrogens with zero attached hydrogens (tertiary/aromatic N) is 5. The maximum absolute atomic E-state index is 9.91. The van der Waals surface area contributed by atoms with Gasteiger partial charge in [-0.3, -0.25) is 9.97 Å². The highest BCUT2D eigenvalue weighted by Gasteiger charge is 2.29. The largest absolute Gasteiger partial charge is 0.390 e. The molecule has 0 aliphatic carbocycles. The molecule has 0 radical (unpaired) electrons. The summed E-state index contributed by atoms with van der Waals surface area (Å²) in [5.41, 5.74) is 2.92. The Hall–Kier alpha value is -2.29. The highest BCUT2D eigenvalue weighted by molar-refractivity contribution is 6.37. The molecule has 0 bridgehead atoms. The Morgan fingerprint density at radius 2 is 2.04 bits per heavy atom. The molecule has 4 rings (SSSR count). The molecule has 1 aliphatic heterocycles. The van der Waals surface area contributed by atoms with Gasteiger partial charge in [0.1, 0.15) is 16.2 Å². The highest BCUT2D eigenvalue weighted by Crippen LogP contribution is 2.39. The first-order valence-corrected chi connectivity index (χ1v) is 8.71. The summed E-state index contributed by atoms with van der Waals surface area (Å²) >= 11 is 6.65. The second kappa shape index (κ2) is 6.79. The van der Waals surface area contributed by atoms with Gasteiger partial charge in [0.2, 0.25) is 5.58 Å². The number of anilines is 1. The number of rotatable bonds is 3. The van der Waals surface area contributed by atoms with Gasteiger partial charge in [-0.2, -0.15) is 0 Å². The average molecular weight is 376 g/mol. The number of aromatic nitrogens is 4. The van der Waals surface area contributed by atoms with Crippen LogP contribution in [0.2, 0.25) is 5.02 Å². The average Bonchev–Trinajstić information content (AvgIpc) is 3.05. The van der Waals surface area contributed by atoms with Gasteiger partial charge in [-0.25, -0.2) is 4.98 Å². The second-order valence-electron chi connectivity index (χ2n) is 6.34. The smallest absolute Gasteiger partial charge is 0.206 e. The zero-order valence-corrected chi connectivity index (χ0v) is 15.1. The fourth-order valence-corrected chi connectivity index (χ4v) is 3.69. The summed E-state index contributed by atoms with van der Waals surface area (Å²) in [5, 5.41) is 14.4. The van der Waals surface area contributed by atoms with Crippen LogP contribution >= 0.6 is 11.6 Å². The number of fused-ring (bicyclic) bond motifs is 1. The molecule has 1 saturated heterocycles. The lowest BCUT2D eigenvalue weighted by Crippen LogP contribution is -2.46. The van der Waals surface area contributed by atoms with Crippen LogP contribution in [0.15, 0.2) is 23.1 Å². The predicted molar refractivity (Wildman–Crippen MR) is 96.0 cm³/mol. The van der Waals surface area contributed by atoms with E-state index in [9.17, 15) is 5.11 Å². The lowest BCUT2D eigenvalue weighted by atomic mass is 10.1. The maximum Gasteiger partial charge on any atom is 0.206 e. The SMILES string of the molecule is C[C@@H]1CN(c2c(CO)nc3c(-c4cnccn4)noc3c2Cl)C[C@H](C)O1. The van der Waals surface area contributed by atoms with Crippen molar-refractivity contribution in [3.8, 4) is 11.4 Å². The van der Waals surface area contributed by atoms with Crippen molar-refractivity contribution in [2.45, 2.75) is 32.7 Å². The molecule has 1 N–H and O–H groups in total. The fraction of sp³-hybridized carbons (Fsp3) is 0.412. The van der Waals surface area contributed by atoms with E-state index >= 15 is 0 Å². The molecule has 0 amide bonds. The summed E-state index contributed by atoms with van der Waals surface area (Å²) in [6.07, 6.45) is 4.80. The second-order valence-corrected chi connectivity index (χ2v) is 6.72. The number of morpholine rings is 1. The molecular formula is C17H18ClN5O3. The minimum Gasteiger partial charge on any atom is -0.390 e. The van der Waals surface area contributed by atoms with E-state index in [1.807, 2.05) is 13.8 Å². The van der Waals surface area contributed by atoms with E-state index in [0.717, 1.165) is 0 Å². The van der Waals surface area contributed by atoms with Gasteiger partial charge in [0.15, 0.2) is 5.69 Å². The van der Waals surface area contributed by atoms with Crippen LogP contribution in [-0.4, -0.2) is 50.5 Å². The topological polar surface area (TPSA) is 97.4 Å². The number of pyridine rings is 1. The van der Waals surface area contributed by atoms with Crippen LogP contribution in [0, 0.1) is 0 Å². The molecule has 1 fully saturated rings. The van der Waals surface area contributed by atoms with Crippen molar-refractivity contribution in [1.29, 1.82) is 0 Å². The number of aliphatic hydroxyl groups excluding tert-OH is 1. The molecular weight excluding hydrogens is 358 g/mol. The Morgan fingerprint density at radius 3 is 2.69 bits per heavy atom. The maximum atomic E-state index is 9.91. The first-order chi connectivity index (χ1) is 12.6. The Bertz CT molecular complexity index is 923. The van der Waals surface area contributed by atoms with Crippen molar-refractivity contribution in [1.82, 2.24) is 20.1 Å². The lowest BCUT2D eigenvalue weighted by molar-refractivity contribution is -0.00533. The molecule has 3 aromatic heterocycles. The van der Waals surface area contributed by atoms with Crippen LogP contribution in [0.1, 0.15) is 19.5 Å². The third kappa shape index (κ3) is 2.90. The molecule has 0 spiro atoms. The van der Waals surface area contributed by atoms with E-state index in [0.29, 0.717) is 52.0 Å². The summed E-state index contributed by atoms with van der Waals surface area (Å²) in [6.45, 7) is 5.05. The Labute approximate surface area is 154 Å². The van der Waals surface area contributed by atoms with Crippen LogP contribution in [0.5, 0.6) is 0 Å². The Morgan fingerprint density at radius 1 is 1.27 bits per heavy atom. The standard InChI is InChI=1S/C17H18ClN5O3/c1-9-6-23(7-10(2)25-9)16-12(8-24)21-15-14(11-5-19-3-4-20-11)22-26-17(15)13(16)18/h3-5,9-10,24H,6-8H2,1-2H3/t9-,10+. The summed E-state index contributed by atoms with van der Waals surface area (Å²) in [4.78, 5) is 14.9. The molecule has 26 heavy (non-hydrogen) atoms. The van der Waals surface area contributed by atoms with E-state index in [2.05, 4.69) is 25.0 Å². The van der Waals surface area contributed by atoms with Gasteiger partial charge >= 0.3 is 0 Å². The first-order valence-electron chi connectivity index (χ1n) is 8.34. The van der Waals surface area contributed by atoms with E-state index in [1.165, 1.54) is 0 Å². The normalized spacial score (nSPS) is 20.7. The third-order valence-corrected chi connectivity index (χ3v) is 4.64. The molecule has 9 heteroatoms. The lowest BCUT2D eigenvalue weighted by Gasteiger charge is -2.37. The molecule has 136 valence electrons. The minimum atomic E-state index is -0.254. The number of hydrogen-bond donors (Lipinski definition) is 1. The summed E-state index contributed by atoms with van der Waals surface area (Å²) in [7, 11) is 0. The van der Waals surface area contributed by atoms with Crippen molar-refractivity contribution in [2.75, 3.05) is 18.0 Å². The van der Waals surface area contributed by atoms with E-state index in [1.54, 1.807) is 18.6 Å². The Balaban J connectivity index is 1.86. The predicted octanol–water partition coefficient (Wildman–Crippen LogP) is 2.44. The van der Waals surface area contributed by atoms with E-state index in [4.69, 9.17) is 20.9 Å². The first kappa shape index (κ1) is 17.1. The quantitative estimate of drug-likeness (QED) is 0.745. The molecule has 0 unspecified atom stereocenters. The van der Waals surface area contributed by atoms with Crippen LogP contribution in [-0.2, 0) is 11.3 Å². The molecule has 2 atom stereocenters. The zero-order valence-electron chi connectivity index (χ0n) is 14.4. The van der Waals surface area contributed by atoms with Gasteiger partial charge in [-0.05, 0) is 13.8 Å². The van der Waals surface area contributed by atoms with Gasteiger partial charge in [0.05, 0.1) is 36.4 Å².